The van der Waals surface area contributed by atoms with Crippen LogP contribution in [0.15, 0.2) is 0 Å². The summed E-state index contributed by atoms with van der Waals surface area (Å²) >= 11 is 0. The van der Waals surface area contributed by atoms with Gasteiger partial charge in [0.1, 0.15) is 0 Å². The van der Waals surface area contributed by atoms with Crippen LogP contribution in [-0.2, 0) is 24.9 Å². The van der Waals surface area contributed by atoms with Crippen LogP contribution in [0.5, 0.6) is 0 Å². The van der Waals surface area contributed by atoms with E-state index >= 15 is 0 Å². The van der Waals surface area contributed by atoms with Crippen LogP contribution in [0.2, 0.25) is 0 Å². The number of carboxylic acid groups (broad SMARTS) is 1. The van der Waals surface area contributed by atoms with Gasteiger partial charge in [-0.25, -0.2) is 0 Å². The molecule has 0 aromatic heterocycles. The van der Waals surface area contributed by atoms with Gasteiger partial charge in [-0.1, -0.05) is 0 Å². The Balaban J connectivity index is -0.0000000150. The molecule has 49 valence electrons. The summed E-state index contributed by atoms with van der Waals surface area (Å²) in [6.45, 7) is 0.972. The van der Waals surface area contributed by atoms with E-state index in [1.54, 1.807) is 0 Å². The molecule has 0 unspecified atom stereocenters. The van der Waals surface area contributed by atoms with Crippen molar-refractivity contribution in [3.05, 3.63) is 0 Å². The Kier molecular flexibility index (Phi) is 60.9. The number of rotatable bonds is 0. The van der Waals surface area contributed by atoms with E-state index in [4.69, 9.17) is 9.90 Å². The third kappa shape index (κ3) is 891. The van der Waals surface area contributed by atoms with Crippen LogP contribution in [0, 0.1) is 0 Å². The van der Waals surface area contributed by atoms with Crippen LogP contribution < -0.4 is 23.7 Å². The van der Waals surface area contributed by atoms with E-state index in [0.717, 1.165) is 6.92 Å². The summed E-state index contributed by atoms with van der Waals surface area (Å²) in [6.07, 6.45) is 0. The summed E-state index contributed by atoms with van der Waals surface area (Å²) in [5.74, 6) is -1.08. The molecular formula is C2H7ClIrNO2-. The van der Waals surface area contributed by atoms with E-state index in [1.165, 1.54) is 0 Å². The summed E-state index contributed by atoms with van der Waals surface area (Å²) in [7, 11) is 0. The van der Waals surface area contributed by atoms with Crippen LogP contribution in [0.1, 0.15) is 6.92 Å². The standard InChI is InChI=1S/C2H4O2.ClH.Ir.H3N/c1-2(3)4;;;/h1H3,(H,3,4);1H;;1H3/p-1. The van der Waals surface area contributed by atoms with E-state index in [2.05, 4.69) is 0 Å². The maximum Gasteiger partial charge on any atom is 0.0383 e. The van der Waals surface area contributed by atoms with Gasteiger partial charge < -0.3 is 28.5 Å². The first kappa shape index (κ1) is 26.3. The first-order valence-electron chi connectivity index (χ1n) is 0.908. The average Bonchev–Trinajstić information content (AvgIpc) is 0.811. The molecule has 0 aromatic rings. The predicted molar refractivity (Wildman–Crippen MR) is 16.7 cm³/mol. The molecular weight excluding hydrogens is 298 g/mol. The number of carbonyl (C=O) groups excluding carboxylic acids is 1. The first-order valence-corrected chi connectivity index (χ1v) is 0.908. The number of hydrogen-bond donors (Lipinski definition) is 1. The van der Waals surface area contributed by atoms with Crippen molar-refractivity contribution < 1.29 is 42.4 Å². The number of aliphatic carboxylic acids is 1. The van der Waals surface area contributed by atoms with Gasteiger partial charge in [0, 0.05) is 26.1 Å². The van der Waals surface area contributed by atoms with Crippen molar-refractivity contribution in [3.63, 3.8) is 0 Å². The monoisotopic (exact) mass is 305 g/mol. The summed E-state index contributed by atoms with van der Waals surface area (Å²) in [5, 5.41) is 8.89. The molecule has 0 aliphatic rings. The Bertz CT molecular complexity index is 38.7. The molecule has 0 aliphatic carbocycles. The van der Waals surface area contributed by atoms with Crippen LogP contribution in [-0.4, -0.2) is 5.97 Å². The summed E-state index contributed by atoms with van der Waals surface area (Å²) in [5.41, 5.74) is 0. The van der Waals surface area contributed by atoms with Crippen molar-refractivity contribution in [1.82, 2.24) is 6.15 Å². The molecule has 0 atom stereocenters. The van der Waals surface area contributed by atoms with Crippen LogP contribution in [0.4, 0.5) is 0 Å². The molecule has 0 spiro atoms. The number of carboxylic acids is 1. The fourth-order valence-corrected chi connectivity index (χ4v) is 0. The Morgan fingerprint density at radius 3 is 1.57 bits per heavy atom. The zero-order valence-corrected chi connectivity index (χ0v) is 7.18. The number of hydrogen-bond acceptors (Lipinski definition) is 2. The van der Waals surface area contributed by atoms with Gasteiger partial charge in [0.05, 0.1) is 0 Å². The third-order valence-corrected chi connectivity index (χ3v) is 0. The SMILES string of the molecule is CC(=O)[O-].[Cl-].[Ir].[NH4+]. The largest absolute Gasteiger partial charge is 1.00 e. The summed E-state index contributed by atoms with van der Waals surface area (Å²) in [4.78, 5) is 8.89. The second kappa shape index (κ2) is 16.2. The van der Waals surface area contributed by atoms with Crippen LogP contribution >= 0.6 is 0 Å². The van der Waals surface area contributed by atoms with Gasteiger partial charge in [-0.3, -0.25) is 0 Å². The van der Waals surface area contributed by atoms with Crippen molar-refractivity contribution in [2.24, 2.45) is 0 Å². The average molecular weight is 305 g/mol. The van der Waals surface area contributed by atoms with Gasteiger partial charge in [-0.15, -0.1) is 0 Å². The van der Waals surface area contributed by atoms with Gasteiger partial charge in [0.15, 0.2) is 0 Å². The van der Waals surface area contributed by atoms with Crippen LogP contribution in [0.3, 0.4) is 0 Å². The van der Waals surface area contributed by atoms with E-state index < -0.39 is 5.97 Å². The molecule has 4 N–H and O–H groups in total. The maximum absolute atomic E-state index is 8.89. The van der Waals surface area contributed by atoms with Gasteiger partial charge in [-0.05, 0) is 6.92 Å². The van der Waals surface area contributed by atoms with Crippen molar-refractivity contribution in [1.29, 1.82) is 0 Å². The Morgan fingerprint density at radius 2 is 1.57 bits per heavy atom. The zero-order valence-electron chi connectivity index (χ0n) is 4.03. The van der Waals surface area contributed by atoms with Gasteiger partial charge in [0.2, 0.25) is 0 Å². The Labute approximate surface area is 61.8 Å². The topological polar surface area (TPSA) is 76.6 Å². The normalized spacial score (nSPS) is 3.57. The van der Waals surface area contributed by atoms with Crippen molar-refractivity contribution >= 4 is 5.97 Å². The summed E-state index contributed by atoms with van der Waals surface area (Å²) < 4.78 is 0. The fraction of sp³-hybridized carbons (Fsp3) is 0.500. The molecule has 0 bridgehead atoms. The molecule has 7 heavy (non-hydrogen) atoms. The molecule has 0 amide bonds. The second-order valence-corrected chi connectivity index (χ2v) is 0.492. The smallest absolute Gasteiger partial charge is 0.0383 e. The number of halogens is 1. The van der Waals surface area contributed by atoms with Gasteiger partial charge in [-0.2, -0.15) is 0 Å². The minimum atomic E-state index is -1.08. The molecule has 3 nitrogen and oxygen atoms in total. The van der Waals surface area contributed by atoms with E-state index in [0.29, 0.717) is 0 Å². The summed E-state index contributed by atoms with van der Waals surface area (Å²) in [6, 6.07) is 0. The van der Waals surface area contributed by atoms with Gasteiger partial charge in [0.25, 0.3) is 0 Å². The molecule has 0 saturated carbocycles. The maximum atomic E-state index is 8.89. The number of quaternary nitrogens is 1. The molecule has 0 rings (SSSR count). The van der Waals surface area contributed by atoms with E-state index in [9.17, 15) is 0 Å². The molecule has 0 aromatic carbocycles. The Hall–Kier alpha value is 0.369. The minimum Gasteiger partial charge on any atom is -1.00 e. The quantitative estimate of drug-likeness (QED) is 0.497. The number of carbonyl (C=O) groups is 1. The first-order chi connectivity index (χ1) is 1.73. The van der Waals surface area contributed by atoms with E-state index in [1.807, 2.05) is 0 Å². The molecule has 0 heterocycles. The van der Waals surface area contributed by atoms with Crippen molar-refractivity contribution in [2.45, 2.75) is 6.92 Å². The van der Waals surface area contributed by atoms with Crippen molar-refractivity contribution in [2.75, 3.05) is 0 Å². The fourth-order valence-electron chi connectivity index (χ4n) is 0. The van der Waals surface area contributed by atoms with Crippen LogP contribution in [0.25, 0.3) is 0 Å². The van der Waals surface area contributed by atoms with Gasteiger partial charge >= 0.3 is 0 Å². The molecule has 0 fully saturated rings. The Morgan fingerprint density at radius 1 is 1.57 bits per heavy atom. The third-order valence-electron chi connectivity index (χ3n) is 0. The molecule has 0 saturated heterocycles. The minimum absolute atomic E-state index is 0. The second-order valence-electron chi connectivity index (χ2n) is 0.492. The van der Waals surface area contributed by atoms with E-state index in [-0.39, 0.29) is 38.7 Å². The predicted octanol–water partition coefficient (Wildman–Crippen LogP) is -3.87. The van der Waals surface area contributed by atoms with Crippen molar-refractivity contribution in [3.8, 4) is 0 Å². The molecule has 0 aliphatic heterocycles. The molecule has 5 heteroatoms. The zero-order chi connectivity index (χ0) is 3.58. The molecule has 1 radical (unpaired) electrons.